The average Bonchev–Trinajstić information content (AvgIpc) is 2.76. The molecule has 7 heteroatoms. The van der Waals surface area contributed by atoms with Gasteiger partial charge in [0.15, 0.2) is 5.78 Å². The van der Waals surface area contributed by atoms with E-state index < -0.39 is 17.6 Å². The van der Waals surface area contributed by atoms with Gasteiger partial charge in [0.2, 0.25) is 0 Å². The fourth-order valence-electron chi connectivity index (χ4n) is 4.87. The van der Waals surface area contributed by atoms with E-state index in [2.05, 4.69) is 24.5 Å². The van der Waals surface area contributed by atoms with Crippen LogP contribution in [0.4, 0.5) is 10.1 Å². The van der Waals surface area contributed by atoms with Gasteiger partial charge in [-0.15, -0.1) is 0 Å². The Morgan fingerprint density at radius 2 is 1.88 bits per heavy atom. The molecular weight excluding hydrogens is 435 g/mol. The van der Waals surface area contributed by atoms with Crippen molar-refractivity contribution < 1.29 is 23.5 Å². The Morgan fingerprint density at radius 3 is 2.56 bits per heavy atom. The predicted octanol–water partition coefficient (Wildman–Crippen LogP) is 5.09. The van der Waals surface area contributed by atoms with Gasteiger partial charge in [-0.2, -0.15) is 0 Å². The summed E-state index contributed by atoms with van der Waals surface area (Å²) in [6.45, 7) is 5.94. The average molecular weight is 465 g/mol. The number of anilines is 1. The van der Waals surface area contributed by atoms with Crippen molar-refractivity contribution in [2.24, 2.45) is 5.41 Å². The van der Waals surface area contributed by atoms with Gasteiger partial charge >= 0.3 is 0 Å². The molecule has 2 aromatic rings. The van der Waals surface area contributed by atoms with Gasteiger partial charge in [0.1, 0.15) is 17.3 Å². The fraction of sp³-hybridized carbons (Fsp3) is 0.333. The molecule has 2 aromatic carbocycles. The first kappa shape index (κ1) is 23.5. The van der Waals surface area contributed by atoms with Crippen molar-refractivity contribution in [1.29, 1.82) is 0 Å². The zero-order chi connectivity index (χ0) is 24.6. The smallest absolute Gasteiger partial charge is 0.254 e. The van der Waals surface area contributed by atoms with Gasteiger partial charge in [-0.05, 0) is 43.0 Å². The Morgan fingerprint density at radius 1 is 1.12 bits per heavy atom. The number of rotatable bonds is 5. The Labute approximate surface area is 198 Å². The quantitative estimate of drug-likeness (QED) is 0.645. The zero-order valence-electron chi connectivity index (χ0n) is 20.0. The van der Waals surface area contributed by atoms with E-state index in [9.17, 15) is 14.0 Å². The minimum Gasteiger partial charge on any atom is -0.497 e. The van der Waals surface area contributed by atoms with Crippen LogP contribution in [-0.2, 0) is 9.59 Å². The second kappa shape index (κ2) is 8.97. The van der Waals surface area contributed by atoms with Crippen molar-refractivity contribution in [2.75, 3.05) is 19.5 Å². The van der Waals surface area contributed by atoms with Gasteiger partial charge < -0.3 is 20.1 Å². The molecule has 178 valence electrons. The Kier molecular flexibility index (Phi) is 6.21. The Hall–Kier alpha value is -3.61. The maximum absolute atomic E-state index is 13.7. The van der Waals surface area contributed by atoms with Crippen LogP contribution in [0, 0.1) is 11.2 Å². The van der Waals surface area contributed by atoms with E-state index >= 15 is 0 Å². The summed E-state index contributed by atoms with van der Waals surface area (Å²) in [5.41, 5.74) is 3.25. The van der Waals surface area contributed by atoms with Crippen LogP contribution in [-0.4, -0.2) is 25.9 Å². The van der Waals surface area contributed by atoms with Crippen molar-refractivity contribution >= 4 is 17.4 Å². The molecule has 0 fully saturated rings. The van der Waals surface area contributed by atoms with E-state index in [0.717, 1.165) is 5.70 Å². The first-order valence-corrected chi connectivity index (χ1v) is 11.2. The normalized spacial score (nSPS) is 19.4. The third kappa shape index (κ3) is 4.42. The lowest BCUT2D eigenvalue weighted by Gasteiger charge is -2.40. The molecule has 0 saturated carbocycles. The number of carbonyl (C=O) groups is 2. The summed E-state index contributed by atoms with van der Waals surface area (Å²) < 4.78 is 24.7. The van der Waals surface area contributed by atoms with Gasteiger partial charge in [-0.3, -0.25) is 9.59 Å². The van der Waals surface area contributed by atoms with Crippen LogP contribution < -0.4 is 20.1 Å². The summed E-state index contributed by atoms with van der Waals surface area (Å²) in [6, 6.07) is 11.1. The van der Waals surface area contributed by atoms with E-state index in [1.807, 2.05) is 13.0 Å². The number of Topliss-reactive ketones (excluding diaryl/α,β-unsaturated/α-hetero) is 1. The summed E-state index contributed by atoms with van der Waals surface area (Å²) in [7, 11) is 3.11. The van der Waals surface area contributed by atoms with Gasteiger partial charge in [-0.1, -0.05) is 26.0 Å². The highest BCUT2D eigenvalue weighted by atomic mass is 19.1. The SMILES string of the molecule is COc1ccc([C@@H]2C(C(=O)Nc3cccc(F)c3)=C(C)NC3=C2C(=O)CC(C)(C)C3)c(OC)c1. The molecule has 0 unspecified atom stereocenters. The first-order valence-electron chi connectivity index (χ1n) is 11.2. The zero-order valence-corrected chi connectivity index (χ0v) is 20.0. The molecule has 0 saturated heterocycles. The van der Waals surface area contributed by atoms with Crippen molar-refractivity contribution in [3.8, 4) is 11.5 Å². The summed E-state index contributed by atoms with van der Waals surface area (Å²) in [5, 5.41) is 6.12. The van der Waals surface area contributed by atoms with Crippen LogP contribution in [0.15, 0.2) is 65.0 Å². The van der Waals surface area contributed by atoms with Crippen LogP contribution >= 0.6 is 0 Å². The monoisotopic (exact) mass is 464 g/mol. The molecule has 1 atom stereocenters. The minimum atomic E-state index is -0.644. The Balaban J connectivity index is 1.86. The van der Waals surface area contributed by atoms with Gasteiger partial charge in [0, 0.05) is 46.3 Å². The van der Waals surface area contributed by atoms with Crippen LogP contribution in [0.3, 0.4) is 0 Å². The van der Waals surface area contributed by atoms with E-state index in [0.29, 0.717) is 52.4 Å². The number of allylic oxidation sites excluding steroid dienone is 3. The highest BCUT2D eigenvalue weighted by Gasteiger charge is 2.43. The van der Waals surface area contributed by atoms with Crippen molar-refractivity contribution in [1.82, 2.24) is 5.32 Å². The van der Waals surface area contributed by atoms with Crippen LogP contribution in [0.2, 0.25) is 0 Å². The second-order valence-electron chi connectivity index (χ2n) is 9.50. The third-order valence-electron chi connectivity index (χ3n) is 6.32. The molecule has 1 aliphatic carbocycles. The number of ketones is 1. The largest absolute Gasteiger partial charge is 0.497 e. The number of dihydropyridines is 1. The number of carbonyl (C=O) groups excluding carboxylic acids is 2. The maximum atomic E-state index is 13.7. The maximum Gasteiger partial charge on any atom is 0.254 e. The second-order valence-corrected chi connectivity index (χ2v) is 9.50. The fourth-order valence-corrected chi connectivity index (χ4v) is 4.87. The number of benzene rings is 2. The molecule has 0 bridgehead atoms. The Bertz CT molecular complexity index is 1230. The summed E-state index contributed by atoms with van der Waals surface area (Å²) >= 11 is 0. The molecule has 6 nitrogen and oxygen atoms in total. The van der Waals surface area contributed by atoms with Gasteiger partial charge in [0.25, 0.3) is 5.91 Å². The van der Waals surface area contributed by atoms with E-state index in [1.54, 1.807) is 32.4 Å². The van der Waals surface area contributed by atoms with Crippen molar-refractivity contribution in [3.05, 3.63) is 76.4 Å². The first-order chi connectivity index (χ1) is 16.1. The lowest BCUT2D eigenvalue weighted by molar-refractivity contribution is -0.118. The predicted molar refractivity (Wildman–Crippen MR) is 128 cm³/mol. The highest BCUT2D eigenvalue weighted by Crippen LogP contribution is 2.49. The molecule has 0 radical (unpaired) electrons. The van der Waals surface area contributed by atoms with Crippen LogP contribution in [0.1, 0.15) is 45.1 Å². The molecule has 1 amide bonds. The molecule has 2 aliphatic rings. The number of hydrogen-bond donors (Lipinski definition) is 2. The van der Waals surface area contributed by atoms with Crippen LogP contribution in [0.25, 0.3) is 0 Å². The lowest BCUT2D eigenvalue weighted by Crippen LogP contribution is -2.39. The topological polar surface area (TPSA) is 76.7 Å². The molecule has 4 rings (SSSR count). The summed E-state index contributed by atoms with van der Waals surface area (Å²) in [4.78, 5) is 27.0. The van der Waals surface area contributed by atoms with E-state index in [-0.39, 0.29) is 11.2 Å². The van der Waals surface area contributed by atoms with E-state index in [4.69, 9.17) is 9.47 Å². The van der Waals surface area contributed by atoms with E-state index in [1.165, 1.54) is 18.2 Å². The highest BCUT2D eigenvalue weighted by molar-refractivity contribution is 6.10. The molecular formula is C27H29FN2O4. The minimum absolute atomic E-state index is 0.00910. The number of methoxy groups -OCH3 is 2. The molecule has 1 aliphatic heterocycles. The number of hydrogen-bond acceptors (Lipinski definition) is 5. The summed E-state index contributed by atoms with van der Waals surface area (Å²) in [6.07, 6.45) is 1.06. The molecule has 0 aromatic heterocycles. The number of halogens is 1. The van der Waals surface area contributed by atoms with Crippen molar-refractivity contribution in [2.45, 2.75) is 39.5 Å². The summed E-state index contributed by atoms with van der Waals surface area (Å²) in [5.74, 6) is -0.402. The number of nitrogens with one attached hydrogen (secondary N) is 2. The number of amides is 1. The molecule has 34 heavy (non-hydrogen) atoms. The molecule has 2 N–H and O–H groups in total. The van der Waals surface area contributed by atoms with Crippen molar-refractivity contribution in [3.63, 3.8) is 0 Å². The number of ether oxygens (including phenoxy) is 2. The molecule has 1 heterocycles. The van der Waals surface area contributed by atoms with Crippen LogP contribution in [0.5, 0.6) is 11.5 Å². The lowest BCUT2D eigenvalue weighted by atomic mass is 9.68. The standard InChI is InChI=1S/C27H29FN2O4/c1-15-23(26(32)30-17-8-6-7-16(28)11-17)24(19-10-9-18(33-4)12-22(19)34-5)25-20(29-15)13-27(2,3)14-21(25)31/h6-12,24,29H,13-14H2,1-5H3,(H,30,32)/t24-/m1/s1. The molecule has 0 spiro atoms. The van der Waals surface area contributed by atoms with Gasteiger partial charge in [-0.25, -0.2) is 4.39 Å². The van der Waals surface area contributed by atoms with Gasteiger partial charge in [0.05, 0.1) is 20.1 Å². The third-order valence-corrected chi connectivity index (χ3v) is 6.32.